The van der Waals surface area contributed by atoms with Gasteiger partial charge in [0.15, 0.2) is 0 Å². The highest BCUT2D eigenvalue weighted by Crippen LogP contribution is 2.24. The van der Waals surface area contributed by atoms with Crippen LogP contribution in [0.5, 0.6) is 5.75 Å². The van der Waals surface area contributed by atoms with Gasteiger partial charge in [-0.25, -0.2) is 4.39 Å². The van der Waals surface area contributed by atoms with Gasteiger partial charge in [-0.15, -0.1) is 0 Å². The van der Waals surface area contributed by atoms with Crippen LogP contribution >= 0.6 is 0 Å². The third-order valence-corrected chi connectivity index (χ3v) is 3.83. The summed E-state index contributed by atoms with van der Waals surface area (Å²) in [6, 6.07) is 14.3. The van der Waals surface area contributed by atoms with Crippen LogP contribution in [-0.2, 0) is 0 Å². The number of benzene rings is 3. The minimum atomic E-state index is -0.677. The number of hydrazine groups is 1. The number of fused-ring (bicyclic) bond motifs is 1. The first-order valence-electron chi connectivity index (χ1n) is 7.54. The summed E-state index contributed by atoms with van der Waals surface area (Å²) in [6.07, 6.45) is 0. The van der Waals surface area contributed by atoms with E-state index in [2.05, 4.69) is 10.9 Å². The van der Waals surface area contributed by atoms with Crippen molar-refractivity contribution in [3.8, 4) is 5.75 Å². The number of carbonyl (C=O) groups is 2. The summed E-state index contributed by atoms with van der Waals surface area (Å²) in [6.45, 7) is 1.58. The molecule has 3 N–H and O–H groups in total. The maximum atomic E-state index is 13.5. The Hall–Kier alpha value is -3.41. The Morgan fingerprint density at radius 2 is 1.56 bits per heavy atom. The molecule has 6 heteroatoms. The Morgan fingerprint density at radius 3 is 2.24 bits per heavy atom. The number of aryl methyl sites for hydroxylation is 1. The monoisotopic (exact) mass is 338 g/mol. The summed E-state index contributed by atoms with van der Waals surface area (Å²) in [5, 5.41) is 11.6. The summed E-state index contributed by atoms with van der Waals surface area (Å²) >= 11 is 0. The van der Waals surface area contributed by atoms with E-state index >= 15 is 0 Å². The molecule has 3 rings (SSSR count). The van der Waals surface area contributed by atoms with Gasteiger partial charge in [-0.3, -0.25) is 20.4 Å². The van der Waals surface area contributed by atoms with Crippen LogP contribution in [0.25, 0.3) is 10.8 Å². The van der Waals surface area contributed by atoms with E-state index in [4.69, 9.17) is 0 Å². The zero-order chi connectivity index (χ0) is 18.0. The number of phenols is 1. The standard InChI is InChI=1S/C19H15FN2O3/c1-11-6-7-14(9-16(11)20)18(24)21-22-19(25)15-8-12-4-2-3-5-13(12)10-17(15)23/h2-10,23H,1H3,(H,21,24)(H,22,25). The molecule has 3 aromatic carbocycles. The summed E-state index contributed by atoms with van der Waals surface area (Å²) in [5.41, 5.74) is 4.93. The Bertz CT molecular complexity index is 986. The Balaban J connectivity index is 1.75. The quantitative estimate of drug-likeness (QED) is 0.628. The molecule has 0 unspecified atom stereocenters. The SMILES string of the molecule is Cc1ccc(C(=O)NNC(=O)c2cc3ccccc3cc2O)cc1F. The van der Waals surface area contributed by atoms with Crippen molar-refractivity contribution >= 4 is 22.6 Å². The molecule has 0 radical (unpaired) electrons. The van der Waals surface area contributed by atoms with Gasteiger partial charge in [0.2, 0.25) is 0 Å². The zero-order valence-electron chi connectivity index (χ0n) is 13.3. The predicted molar refractivity (Wildman–Crippen MR) is 91.7 cm³/mol. The van der Waals surface area contributed by atoms with E-state index < -0.39 is 17.6 Å². The molecule has 0 aromatic heterocycles. The third kappa shape index (κ3) is 3.42. The van der Waals surface area contributed by atoms with Crippen molar-refractivity contribution in [2.45, 2.75) is 6.92 Å². The van der Waals surface area contributed by atoms with Gasteiger partial charge >= 0.3 is 0 Å². The van der Waals surface area contributed by atoms with Crippen LogP contribution in [0.15, 0.2) is 54.6 Å². The molecule has 0 spiro atoms. The van der Waals surface area contributed by atoms with Crippen LogP contribution < -0.4 is 10.9 Å². The minimum Gasteiger partial charge on any atom is -0.507 e. The average molecular weight is 338 g/mol. The molecule has 0 atom stereocenters. The van der Waals surface area contributed by atoms with Crippen molar-refractivity contribution in [2.24, 2.45) is 0 Å². The lowest BCUT2D eigenvalue weighted by Gasteiger charge is -2.10. The molecule has 126 valence electrons. The van der Waals surface area contributed by atoms with Crippen LogP contribution in [0, 0.1) is 12.7 Å². The summed E-state index contributed by atoms with van der Waals surface area (Å²) in [4.78, 5) is 24.2. The predicted octanol–water partition coefficient (Wildman–Crippen LogP) is 3.07. The van der Waals surface area contributed by atoms with Gasteiger partial charge < -0.3 is 5.11 Å². The molecule has 0 aliphatic rings. The van der Waals surface area contributed by atoms with E-state index in [1.165, 1.54) is 24.3 Å². The first-order chi connectivity index (χ1) is 12.0. The first-order valence-corrected chi connectivity index (χ1v) is 7.54. The topological polar surface area (TPSA) is 78.4 Å². The highest BCUT2D eigenvalue weighted by atomic mass is 19.1. The number of hydrogen-bond donors (Lipinski definition) is 3. The van der Waals surface area contributed by atoms with Gasteiger partial charge in [-0.2, -0.15) is 0 Å². The second-order valence-electron chi connectivity index (χ2n) is 5.59. The van der Waals surface area contributed by atoms with Crippen molar-refractivity contribution in [3.63, 3.8) is 0 Å². The maximum Gasteiger partial charge on any atom is 0.273 e. The summed E-state index contributed by atoms with van der Waals surface area (Å²) in [5.74, 6) is -2.05. The number of carbonyl (C=O) groups excluding carboxylic acids is 2. The van der Waals surface area contributed by atoms with Gasteiger partial charge in [0, 0.05) is 5.56 Å². The molecule has 2 amide bonds. The smallest absolute Gasteiger partial charge is 0.273 e. The molecule has 0 bridgehead atoms. The molecule has 0 saturated carbocycles. The van der Waals surface area contributed by atoms with Crippen molar-refractivity contribution in [1.29, 1.82) is 0 Å². The molecule has 0 fully saturated rings. The van der Waals surface area contributed by atoms with Crippen LogP contribution in [0.4, 0.5) is 4.39 Å². The molecule has 0 heterocycles. The number of aromatic hydroxyl groups is 1. The summed E-state index contributed by atoms with van der Waals surface area (Å²) in [7, 11) is 0. The molecule has 0 saturated heterocycles. The zero-order valence-corrected chi connectivity index (χ0v) is 13.3. The fourth-order valence-corrected chi connectivity index (χ4v) is 2.40. The lowest BCUT2D eigenvalue weighted by molar-refractivity contribution is 0.0845. The van der Waals surface area contributed by atoms with Crippen LogP contribution in [0.1, 0.15) is 26.3 Å². The fourth-order valence-electron chi connectivity index (χ4n) is 2.40. The highest BCUT2D eigenvalue weighted by Gasteiger charge is 2.14. The molecule has 5 nitrogen and oxygen atoms in total. The average Bonchev–Trinajstić information content (AvgIpc) is 2.61. The molecule has 25 heavy (non-hydrogen) atoms. The van der Waals surface area contributed by atoms with Gasteiger partial charge in [0.25, 0.3) is 11.8 Å². The van der Waals surface area contributed by atoms with Crippen molar-refractivity contribution in [2.75, 3.05) is 0 Å². The Kier molecular flexibility index (Phi) is 4.35. The highest BCUT2D eigenvalue weighted by molar-refractivity contribution is 6.03. The van der Waals surface area contributed by atoms with E-state index in [1.807, 2.05) is 18.2 Å². The summed E-state index contributed by atoms with van der Waals surface area (Å²) < 4.78 is 13.5. The second kappa shape index (κ2) is 6.60. The molecular weight excluding hydrogens is 323 g/mol. The number of nitrogens with one attached hydrogen (secondary N) is 2. The van der Waals surface area contributed by atoms with Gasteiger partial charge in [-0.1, -0.05) is 30.3 Å². The van der Waals surface area contributed by atoms with Crippen molar-refractivity contribution in [3.05, 3.63) is 77.1 Å². The maximum absolute atomic E-state index is 13.5. The first kappa shape index (κ1) is 16.4. The van der Waals surface area contributed by atoms with Gasteiger partial charge in [0.1, 0.15) is 11.6 Å². The number of hydrogen-bond acceptors (Lipinski definition) is 3. The molecule has 0 aliphatic carbocycles. The largest absolute Gasteiger partial charge is 0.507 e. The van der Waals surface area contributed by atoms with Crippen molar-refractivity contribution < 1.29 is 19.1 Å². The lowest BCUT2D eigenvalue weighted by Crippen LogP contribution is -2.41. The van der Waals surface area contributed by atoms with Crippen molar-refractivity contribution in [1.82, 2.24) is 10.9 Å². The Morgan fingerprint density at radius 1 is 0.920 bits per heavy atom. The van der Waals surface area contributed by atoms with E-state index in [1.54, 1.807) is 13.0 Å². The normalized spacial score (nSPS) is 10.5. The third-order valence-electron chi connectivity index (χ3n) is 3.83. The molecule has 3 aromatic rings. The number of phenolic OH excluding ortho intramolecular Hbond substituents is 1. The van der Waals surface area contributed by atoms with Gasteiger partial charge in [-0.05, 0) is 47.5 Å². The van der Waals surface area contributed by atoms with E-state index in [0.717, 1.165) is 16.8 Å². The van der Waals surface area contributed by atoms with E-state index in [9.17, 15) is 19.1 Å². The van der Waals surface area contributed by atoms with Crippen LogP contribution in [0.3, 0.4) is 0 Å². The fraction of sp³-hybridized carbons (Fsp3) is 0.0526. The minimum absolute atomic E-state index is 0.0223. The number of rotatable bonds is 2. The van der Waals surface area contributed by atoms with Gasteiger partial charge in [0.05, 0.1) is 5.56 Å². The van der Waals surface area contributed by atoms with Crippen LogP contribution in [0.2, 0.25) is 0 Å². The Labute approximate surface area is 143 Å². The number of halogens is 1. The molecule has 0 aliphatic heterocycles. The second-order valence-corrected chi connectivity index (χ2v) is 5.59. The van der Waals surface area contributed by atoms with E-state index in [0.29, 0.717) is 5.56 Å². The van der Waals surface area contributed by atoms with E-state index in [-0.39, 0.29) is 16.9 Å². The lowest BCUT2D eigenvalue weighted by atomic mass is 10.1. The molecular formula is C19H15FN2O3. The number of amides is 2. The van der Waals surface area contributed by atoms with Crippen LogP contribution in [-0.4, -0.2) is 16.9 Å².